The van der Waals surface area contributed by atoms with Crippen LogP contribution < -0.4 is 16.4 Å². The molecular formula is C22H45N3O7SSi2. The normalized spacial score (nSPS) is 29.3. The summed E-state index contributed by atoms with van der Waals surface area (Å²) in [7, 11) is -8.84. The van der Waals surface area contributed by atoms with E-state index in [1.165, 1.54) is 0 Å². The fourth-order valence-corrected chi connectivity index (χ4v) is 6.99. The van der Waals surface area contributed by atoms with E-state index in [4.69, 9.17) is 23.5 Å². The highest BCUT2D eigenvalue weighted by Crippen LogP contribution is 2.49. The van der Waals surface area contributed by atoms with E-state index in [1.54, 1.807) is 6.92 Å². The quantitative estimate of drug-likeness (QED) is 0.323. The molecule has 0 bridgehead atoms. The van der Waals surface area contributed by atoms with Gasteiger partial charge in [-0.15, -0.1) is 0 Å². The second-order valence-corrected chi connectivity index (χ2v) is 23.3. The summed E-state index contributed by atoms with van der Waals surface area (Å²) >= 11 is 0. The van der Waals surface area contributed by atoms with Gasteiger partial charge in [-0.25, -0.2) is 8.98 Å². The Kier molecular flexibility index (Phi) is 8.41. The van der Waals surface area contributed by atoms with Gasteiger partial charge in [0.05, 0.1) is 17.7 Å². The smallest absolute Gasteiger partial charge is 0.316 e. The maximum Gasteiger partial charge on any atom is 0.316 e. The number of urea groups is 1. The van der Waals surface area contributed by atoms with Crippen molar-refractivity contribution in [2.45, 2.75) is 109 Å². The Bertz CT molecular complexity index is 942. The van der Waals surface area contributed by atoms with Crippen molar-refractivity contribution in [2.24, 2.45) is 5.73 Å². The van der Waals surface area contributed by atoms with Crippen LogP contribution in [0.3, 0.4) is 0 Å². The number of rotatable bonds is 7. The summed E-state index contributed by atoms with van der Waals surface area (Å²) in [5.74, 6) is 0. The van der Waals surface area contributed by atoms with E-state index >= 15 is 0 Å². The second-order valence-electron chi connectivity index (χ2n) is 12.4. The molecule has 0 aromatic rings. The van der Waals surface area contributed by atoms with Crippen LogP contribution in [0.5, 0.6) is 0 Å². The third-order valence-corrected chi connectivity index (χ3v) is 17.7. The van der Waals surface area contributed by atoms with Crippen LogP contribution in [-0.4, -0.2) is 68.3 Å². The summed E-state index contributed by atoms with van der Waals surface area (Å²) < 4.78 is 50.4. The van der Waals surface area contributed by atoms with Gasteiger partial charge in [-0.05, 0) is 43.2 Å². The van der Waals surface area contributed by atoms with Gasteiger partial charge in [0.25, 0.3) is 10.1 Å². The van der Waals surface area contributed by atoms with E-state index in [0.717, 1.165) is 5.41 Å². The summed E-state index contributed by atoms with van der Waals surface area (Å²) in [6.45, 7) is 23.0. The van der Waals surface area contributed by atoms with Crippen LogP contribution >= 0.6 is 0 Å². The van der Waals surface area contributed by atoms with Gasteiger partial charge in [0.15, 0.2) is 28.5 Å². The number of carbonyl (C=O) groups is 1. The second kappa shape index (κ2) is 9.73. The van der Waals surface area contributed by atoms with Gasteiger partial charge < -0.3 is 30.0 Å². The molecule has 2 heterocycles. The lowest BCUT2D eigenvalue weighted by Gasteiger charge is -2.43. The minimum absolute atomic E-state index is 0.0229. The first-order valence-electron chi connectivity index (χ1n) is 12.0. The molecule has 0 saturated carbocycles. The van der Waals surface area contributed by atoms with Gasteiger partial charge in [-0.3, -0.25) is 0 Å². The van der Waals surface area contributed by atoms with Gasteiger partial charge in [0.2, 0.25) is 0 Å². The molecule has 1 saturated heterocycles. The number of carbonyl (C=O) groups excluding carboxylic acids is 1. The average Bonchev–Trinajstić information content (AvgIpc) is 3.05. The molecule has 2 rings (SSSR count). The molecule has 1 spiro atoms. The van der Waals surface area contributed by atoms with Gasteiger partial charge in [0.1, 0.15) is 12.2 Å². The van der Waals surface area contributed by atoms with Crippen LogP contribution in [0.1, 0.15) is 48.5 Å². The van der Waals surface area contributed by atoms with Crippen molar-refractivity contribution in [3.63, 3.8) is 0 Å². The van der Waals surface area contributed by atoms with Crippen LogP contribution in [0.25, 0.3) is 0 Å². The Labute approximate surface area is 213 Å². The lowest BCUT2D eigenvalue weighted by Crippen LogP contribution is -2.61. The van der Waals surface area contributed by atoms with Crippen molar-refractivity contribution >= 4 is 32.8 Å². The molecule has 4 N–H and O–H groups in total. The lowest BCUT2D eigenvalue weighted by atomic mass is 9.89. The Hall–Kier alpha value is -0.966. The van der Waals surface area contributed by atoms with Crippen molar-refractivity contribution in [1.82, 2.24) is 10.6 Å². The van der Waals surface area contributed by atoms with Crippen molar-refractivity contribution in [3.05, 3.63) is 11.1 Å². The summed E-state index contributed by atoms with van der Waals surface area (Å²) in [5.41, 5.74) is 4.69. The highest BCUT2D eigenvalue weighted by molar-refractivity contribution is 7.90. The molecule has 1 fully saturated rings. The highest BCUT2D eigenvalue weighted by Gasteiger charge is 2.67. The Morgan fingerprint density at radius 2 is 1.66 bits per heavy atom. The lowest BCUT2D eigenvalue weighted by molar-refractivity contribution is -0.0420. The molecule has 0 aromatic carbocycles. The summed E-state index contributed by atoms with van der Waals surface area (Å²) in [4.78, 5) is 12.5. The van der Waals surface area contributed by atoms with Gasteiger partial charge >= 0.3 is 6.03 Å². The minimum atomic E-state index is -4.09. The van der Waals surface area contributed by atoms with E-state index in [-0.39, 0.29) is 22.4 Å². The zero-order valence-electron chi connectivity index (χ0n) is 23.1. The SMILES string of the molecule is CCNC(=O)N[C@@H]1O[C@H](CO[Si](C)(C)C(C)(C)C)[C@@]2(OS(=O)(=O)C=C2N)[C@H]1O[Si](C)(C)C(C)(C)C. The van der Waals surface area contributed by atoms with Gasteiger partial charge in [0, 0.05) is 6.54 Å². The topological polar surface area (TPSA) is 138 Å². The average molecular weight is 552 g/mol. The van der Waals surface area contributed by atoms with Gasteiger partial charge in [-0.2, -0.15) is 8.42 Å². The summed E-state index contributed by atoms with van der Waals surface area (Å²) in [5, 5.41) is 6.08. The molecular weight excluding hydrogens is 506 g/mol. The van der Waals surface area contributed by atoms with Crippen molar-refractivity contribution in [2.75, 3.05) is 13.2 Å². The predicted octanol–water partition coefficient (Wildman–Crippen LogP) is 3.34. The Balaban J connectivity index is 2.57. The van der Waals surface area contributed by atoms with Gasteiger partial charge in [-0.1, -0.05) is 41.5 Å². The molecule has 13 heteroatoms. The third kappa shape index (κ3) is 6.13. The predicted molar refractivity (Wildman–Crippen MR) is 141 cm³/mol. The fourth-order valence-electron chi connectivity index (χ4n) is 3.48. The monoisotopic (exact) mass is 551 g/mol. The van der Waals surface area contributed by atoms with Crippen LogP contribution in [0, 0.1) is 0 Å². The first-order chi connectivity index (χ1) is 15.6. The van der Waals surface area contributed by atoms with Crippen LogP contribution in [0.15, 0.2) is 11.1 Å². The number of nitrogens with two attached hydrogens (primary N) is 1. The zero-order valence-corrected chi connectivity index (χ0v) is 25.9. The number of nitrogens with one attached hydrogen (secondary N) is 2. The van der Waals surface area contributed by atoms with E-state index < -0.39 is 56.8 Å². The Morgan fingerprint density at radius 1 is 1.11 bits per heavy atom. The number of ether oxygens (including phenoxy) is 1. The molecule has 0 aliphatic carbocycles. The van der Waals surface area contributed by atoms with Crippen LogP contribution in [0.4, 0.5) is 4.79 Å². The summed E-state index contributed by atoms with van der Waals surface area (Å²) in [6.07, 6.45) is -2.94. The van der Waals surface area contributed by atoms with Crippen LogP contribution in [-0.2, 0) is 27.9 Å². The van der Waals surface area contributed by atoms with Crippen molar-refractivity contribution in [1.29, 1.82) is 0 Å². The maximum absolute atomic E-state index is 12.6. The molecule has 0 aromatic heterocycles. The van der Waals surface area contributed by atoms with E-state index in [9.17, 15) is 13.2 Å². The molecule has 2 aliphatic heterocycles. The molecule has 204 valence electrons. The molecule has 0 radical (unpaired) electrons. The first-order valence-corrected chi connectivity index (χ1v) is 19.3. The highest BCUT2D eigenvalue weighted by atomic mass is 32.2. The van der Waals surface area contributed by atoms with Crippen molar-refractivity contribution in [3.8, 4) is 0 Å². The largest absolute Gasteiger partial charge is 0.414 e. The van der Waals surface area contributed by atoms with Crippen molar-refractivity contribution < 1.29 is 31.0 Å². The molecule has 2 aliphatic rings. The van der Waals surface area contributed by atoms with E-state index in [2.05, 4.69) is 65.3 Å². The molecule has 10 nitrogen and oxygen atoms in total. The molecule has 0 unspecified atom stereocenters. The first kappa shape index (κ1) is 30.3. The molecule has 35 heavy (non-hydrogen) atoms. The number of hydrogen-bond acceptors (Lipinski definition) is 8. The third-order valence-electron chi connectivity index (χ3n) is 7.70. The number of hydrogen-bond donors (Lipinski definition) is 3. The van der Waals surface area contributed by atoms with E-state index in [0.29, 0.717) is 6.54 Å². The number of amides is 2. The maximum atomic E-state index is 12.6. The fraction of sp³-hybridized carbons (Fsp3) is 0.864. The zero-order chi connectivity index (χ0) is 27.3. The molecule has 2 amide bonds. The van der Waals surface area contributed by atoms with E-state index in [1.807, 2.05) is 13.1 Å². The Morgan fingerprint density at radius 3 is 2.09 bits per heavy atom. The minimum Gasteiger partial charge on any atom is -0.414 e. The van der Waals surface area contributed by atoms with Crippen LogP contribution in [0.2, 0.25) is 36.3 Å². The molecule has 4 atom stereocenters. The standard InChI is InChI=1S/C22H45N3O7SSi2/c1-12-24-19(26)25-18-17(31-35(10,11)21(5,6)7)22(15(23)14-33(27,28)32-22)16(30-18)13-29-34(8,9)20(2,3)4/h14,16-18H,12-13,23H2,1-11H3,(H2,24,25,26)/t16-,17+,18-,22-/m1/s1. The summed E-state index contributed by atoms with van der Waals surface area (Å²) in [6, 6.07) is -0.467.